The molecule has 3 aromatic rings. The normalized spacial score (nSPS) is 27.1. The molecular formula is C19H22N6O3. The van der Waals surface area contributed by atoms with Crippen LogP contribution in [0.1, 0.15) is 29.4 Å². The summed E-state index contributed by atoms with van der Waals surface area (Å²) >= 11 is 0. The minimum absolute atomic E-state index is 0.345. The minimum Gasteiger partial charge on any atom is -0.471 e. The van der Waals surface area contributed by atoms with Crippen LogP contribution in [-0.4, -0.2) is 59.6 Å². The summed E-state index contributed by atoms with van der Waals surface area (Å²) in [5.74, 6) is 0.477. The van der Waals surface area contributed by atoms with Crippen LogP contribution >= 0.6 is 0 Å². The number of aliphatic hydroxyl groups excluding tert-OH is 2. The van der Waals surface area contributed by atoms with Crippen molar-refractivity contribution in [2.24, 2.45) is 0 Å². The van der Waals surface area contributed by atoms with E-state index in [9.17, 15) is 10.2 Å². The van der Waals surface area contributed by atoms with Gasteiger partial charge in [0, 0.05) is 43.1 Å². The fourth-order valence-electron chi connectivity index (χ4n) is 4.21. The molecule has 5 rings (SSSR count). The highest BCUT2D eigenvalue weighted by molar-refractivity contribution is 5.78. The van der Waals surface area contributed by atoms with E-state index >= 15 is 0 Å². The number of aromatic nitrogens is 5. The maximum atomic E-state index is 10.7. The maximum absolute atomic E-state index is 10.7. The molecule has 0 bridgehead atoms. The number of nitrogens with zero attached hydrogens (tertiary/aromatic N) is 5. The predicted octanol–water partition coefficient (Wildman–Crippen LogP) is 0.290. The first kappa shape index (κ1) is 17.5. The average Bonchev–Trinajstić information content (AvgIpc) is 3.26. The lowest BCUT2D eigenvalue weighted by Gasteiger charge is -2.22. The number of hydrogen-bond acceptors (Lipinski definition) is 8. The van der Waals surface area contributed by atoms with Crippen LogP contribution in [0.4, 0.5) is 0 Å². The molecule has 3 N–H and O–H groups in total. The van der Waals surface area contributed by atoms with Gasteiger partial charge in [0.15, 0.2) is 0 Å². The van der Waals surface area contributed by atoms with Crippen molar-refractivity contribution in [3.8, 4) is 5.88 Å². The van der Waals surface area contributed by atoms with Crippen molar-refractivity contribution in [3.05, 3.63) is 41.9 Å². The SMILES string of the molecule is Cc1ncnc2c1ccn2C1CC(Oc2ncnc3c2CNCC3)[C@@H](O)[C@H]1O. The van der Waals surface area contributed by atoms with Crippen LogP contribution in [0.2, 0.25) is 0 Å². The van der Waals surface area contributed by atoms with Gasteiger partial charge in [-0.05, 0) is 13.0 Å². The summed E-state index contributed by atoms with van der Waals surface area (Å²) in [5, 5.41) is 25.6. The molecule has 2 aliphatic rings. The number of fused-ring (bicyclic) bond motifs is 2. The second-order valence-electron chi connectivity index (χ2n) is 7.39. The van der Waals surface area contributed by atoms with Gasteiger partial charge < -0.3 is 24.8 Å². The zero-order chi connectivity index (χ0) is 19.3. The van der Waals surface area contributed by atoms with E-state index in [-0.39, 0.29) is 6.04 Å². The number of hydrogen-bond donors (Lipinski definition) is 3. The van der Waals surface area contributed by atoms with Gasteiger partial charge in [0.1, 0.15) is 36.6 Å². The zero-order valence-electron chi connectivity index (χ0n) is 15.5. The number of aliphatic hydroxyl groups is 2. The molecule has 1 saturated carbocycles. The molecule has 3 aromatic heterocycles. The minimum atomic E-state index is -1.02. The topological polar surface area (TPSA) is 118 Å². The van der Waals surface area contributed by atoms with Gasteiger partial charge in [0.25, 0.3) is 0 Å². The van der Waals surface area contributed by atoms with E-state index in [2.05, 4.69) is 25.3 Å². The Labute approximate surface area is 161 Å². The van der Waals surface area contributed by atoms with Gasteiger partial charge in [-0.1, -0.05) is 0 Å². The van der Waals surface area contributed by atoms with Crippen molar-refractivity contribution in [1.82, 2.24) is 29.8 Å². The lowest BCUT2D eigenvalue weighted by atomic mass is 10.1. The molecule has 9 nitrogen and oxygen atoms in total. The summed E-state index contributed by atoms with van der Waals surface area (Å²) in [7, 11) is 0. The van der Waals surface area contributed by atoms with Crippen molar-refractivity contribution in [3.63, 3.8) is 0 Å². The number of nitrogens with one attached hydrogen (secondary N) is 1. The van der Waals surface area contributed by atoms with Crippen LogP contribution in [0.25, 0.3) is 11.0 Å². The van der Waals surface area contributed by atoms with Crippen molar-refractivity contribution in [2.75, 3.05) is 6.54 Å². The van der Waals surface area contributed by atoms with E-state index in [1.807, 2.05) is 23.8 Å². The fourth-order valence-corrected chi connectivity index (χ4v) is 4.21. The third-order valence-electron chi connectivity index (χ3n) is 5.76. The Morgan fingerprint density at radius 2 is 2.00 bits per heavy atom. The summed E-state index contributed by atoms with van der Waals surface area (Å²) < 4.78 is 7.97. The lowest BCUT2D eigenvalue weighted by molar-refractivity contribution is -0.0178. The first-order chi connectivity index (χ1) is 13.6. The third-order valence-corrected chi connectivity index (χ3v) is 5.76. The molecule has 4 heterocycles. The van der Waals surface area contributed by atoms with Crippen molar-refractivity contribution in [1.29, 1.82) is 0 Å². The quantitative estimate of drug-likeness (QED) is 0.592. The molecule has 0 aromatic carbocycles. The van der Waals surface area contributed by atoms with Gasteiger partial charge in [-0.3, -0.25) is 0 Å². The van der Waals surface area contributed by atoms with Crippen molar-refractivity contribution in [2.45, 2.75) is 50.7 Å². The smallest absolute Gasteiger partial charge is 0.221 e. The molecule has 1 aliphatic heterocycles. The van der Waals surface area contributed by atoms with Crippen molar-refractivity contribution < 1.29 is 14.9 Å². The summed E-state index contributed by atoms with van der Waals surface area (Å²) in [5.41, 5.74) is 3.52. The fraction of sp³-hybridized carbons (Fsp3) is 0.474. The first-order valence-electron chi connectivity index (χ1n) is 9.48. The molecule has 1 fully saturated rings. The number of aryl methyl sites for hydroxylation is 1. The van der Waals surface area contributed by atoms with Gasteiger partial charge in [-0.25, -0.2) is 19.9 Å². The lowest BCUT2D eigenvalue weighted by Crippen LogP contribution is -2.35. The summed E-state index contributed by atoms with van der Waals surface area (Å²) in [6.07, 6.45) is 3.60. The Kier molecular flexibility index (Phi) is 4.22. The van der Waals surface area contributed by atoms with Crippen LogP contribution in [0.15, 0.2) is 24.9 Å². The summed E-state index contributed by atoms with van der Waals surface area (Å²) in [6, 6.07) is 1.59. The zero-order valence-corrected chi connectivity index (χ0v) is 15.5. The van der Waals surface area contributed by atoms with Gasteiger partial charge in [0.2, 0.25) is 5.88 Å². The molecule has 0 radical (unpaired) electrons. The predicted molar refractivity (Wildman–Crippen MR) is 99.8 cm³/mol. The monoisotopic (exact) mass is 382 g/mol. The Balaban J connectivity index is 1.43. The number of ether oxygens (including phenoxy) is 1. The Bertz CT molecular complexity index is 1020. The van der Waals surface area contributed by atoms with Gasteiger partial charge in [-0.15, -0.1) is 0 Å². The molecule has 2 unspecified atom stereocenters. The summed E-state index contributed by atoms with van der Waals surface area (Å²) in [4.78, 5) is 17.2. The van der Waals surface area contributed by atoms with Crippen LogP contribution < -0.4 is 10.1 Å². The van der Waals surface area contributed by atoms with E-state index in [1.165, 1.54) is 12.7 Å². The Morgan fingerprint density at radius 3 is 2.89 bits per heavy atom. The van der Waals surface area contributed by atoms with Crippen LogP contribution in [0.3, 0.4) is 0 Å². The van der Waals surface area contributed by atoms with E-state index in [0.717, 1.165) is 41.0 Å². The van der Waals surface area contributed by atoms with Gasteiger partial charge >= 0.3 is 0 Å². The molecule has 0 saturated heterocycles. The van der Waals surface area contributed by atoms with Gasteiger partial charge in [0.05, 0.1) is 17.4 Å². The maximum Gasteiger partial charge on any atom is 0.221 e. The molecular weight excluding hydrogens is 360 g/mol. The van der Waals surface area contributed by atoms with Gasteiger partial charge in [-0.2, -0.15) is 0 Å². The first-order valence-corrected chi connectivity index (χ1v) is 9.48. The second-order valence-corrected chi connectivity index (χ2v) is 7.39. The molecule has 1 aliphatic carbocycles. The summed E-state index contributed by atoms with van der Waals surface area (Å²) in [6.45, 7) is 3.43. The van der Waals surface area contributed by atoms with Crippen LogP contribution in [-0.2, 0) is 13.0 Å². The standard InChI is InChI=1S/C19H22N6O3/c1-10-11-3-5-25(18(11)23-8-21-10)14-6-15(17(27)16(14)26)28-19-12-7-20-4-2-13(12)22-9-24-19/h3,5,8-9,14-17,20,26-27H,2,4,6-7H2,1H3/t14?,15?,16-,17+/m0/s1. The molecule has 146 valence electrons. The van der Waals surface area contributed by atoms with E-state index in [4.69, 9.17) is 4.74 Å². The van der Waals surface area contributed by atoms with E-state index < -0.39 is 18.3 Å². The Hall–Kier alpha value is -2.62. The molecule has 4 atom stereocenters. The Morgan fingerprint density at radius 1 is 1.14 bits per heavy atom. The highest BCUT2D eigenvalue weighted by Gasteiger charge is 2.45. The highest BCUT2D eigenvalue weighted by atomic mass is 16.5. The van der Waals surface area contributed by atoms with Crippen LogP contribution in [0, 0.1) is 6.92 Å². The second kappa shape index (κ2) is 6.77. The molecule has 0 amide bonds. The highest BCUT2D eigenvalue weighted by Crippen LogP contribution is 2.36. The third kappa shape index (κ3) is 2.74. The van der Waals surface area contributed by atoms with Crippen LogP contribution in [0.5, 0.6) is 5.88 Å². The number of rotatable bonds is 3. The molecule has 0 spiro atoms. The molecule has 28 heavy (non-hydrogen) atoms. The average molecular weight is 382 g/mol. The van der Waals surface area contributed by atoms with Crippen molar-refractivity contribution >= 4 is 11.0 Å². The van der Waals surface area contributed by atoms with E-state index in [1.54, 1.807) is 0 Å². The largest absolute Gasteiger partial charge is 0.471 e. The van der Waals surface area contributed by atoms with E-state index in [0.29, 0.717) is 18.8 Å². The molecule has 9 heteroatoms.